The normalized spacial score (nSPS) is 11.5. The number of hydrogen-bond donors (Lipinski definition) is 1. The number of halogens is 1. The van der Waals surface area contributed by atoms with Gasteiger partial charge in [-0.05, 0) is 65.9 Å². The minimum Gasteiger partial charge on any atom is -0.453 e. The van der Waals surface area contributed by atoms with Gasteiger partial charge in [0, 0.05) is 29.0 Å². The molecule has 1 N–H and O–H groups in total. The molecule has 1 aliphatic heterocycles. The van der Waals surface area contributed by atoms with Gasteiger partial charge in [-0.15, -0.1) is 0 Å². The number of methoxy groups -OCH3 is 1. The van der Waals surface area contributed by atoms with Gasteiger partial charge in [-0.2, -0.15) is 0 Å². The molecule has 9 heteroatoms. The van der Waals surface area contributed by atoms with Gasteiger partial charge < -0.3 is 4.74 Å². The zero-order valence-electron chi connectivity index (χ0n) is 17.6. The number of amides is 1. The first-order valence-electron chi connectivity index (χ1n) is 9.70. The molecule has 3 rings (SSSR count). The van der Waals surface area contributed by atoms with Crippen LogP contribution in [0, 0.1) is 11.7 Å². The van der Waals surface area contributed by atoms with Crippen LogP contribution in [0.4, 0.5) is 14.9 Å². The lowest BCUT2D eigenvalue weighted by Crippen LogP contribution is -2.30. The first-order chi connectivity index (χ1) is 14.8. The van der Waals surface area contributed by atoms with Crippen molar-refractivity contribution in [2.24, 2.45) is 16.0 Å². The maximum atomic E-state index is 12.9. The molecule has 1 aliphatic rings. The van der Waals surface area contributed by atoms with Gasteiger partial charge in [-0.3, -0.25) is 10.1 Å². The SMILES string of the molecule is CC(C)CCN=[N+]=[N-].COC(=O)NC1=Nc2ccc(C(=O)c3ccc(F)cc3)cc2C1. The molecule has 1 heterocycles. The average molecular weight is 425 g/mol. The number of azide groups is 1. The van der Waals surface area contributed by atoms with Crippen molar-refractivity contribution in [2.45, 2.75) is 26.7 Å². The highest BCUT2D eigenvalue weighted by Gasteiger charge is 2.19. The highest BCUT2D eigenvalue weighted by atomic mass is 19.1. The quantitative estimate of drug-likeness (QED) is 0.301. The molecule has 0 fully saturated rings. The van der Waals surface area contributed by atoms with Gasteiger partial charge in [-0.25, -0.2) is 14.2 Å². The molecule has 0 saturated carbocycles. The molecule has 2 aromatic carbocycles. The van der Waals surface area contributed by atoms with Gasteiger partial charge in [-0.1, -0.05) is 19.0 Å². The summed E-state index contributed by atoms with van der Waals surface area (Å²) >= 11 is 0. The zero-order chi connectivity index (χ0) is 22.8. The number of alkyl carbamates (subject to hydrolysis) is 1. The molecule has 0 radical (unpaired) electrons. The number of nitrogens with zero attached hydrogens (tertiary/aromatic N) is 4. The van der Waals surface area contributed by atoms with Crippen molar-refractivity contribution in [3.63, 3.8) is 0 Å². The highest BCUT2D eigenvalue weighted by molar-refractivity contribution is 6.10. The van der Waals surface area contributed by atoms with Crippen LogP contribution in [0.3, 0.4) is 0 Å². The van der Waals surface area contributed by atoms with E-state index in [0.717, 1.165) is 12.0 Å². The number of nitrogens with one attached hydrogen (secondary N) is 1. The van der Waals surface area contributed by atoms with Crippen LogP contribution >= 0.6 is 0 Å². The smallest absolute Gasteiger partial charge is 0.412 e. The van der Waals surface area contributed by atoms with Crippen LogP contribution in [0.15, 0.2) is 52.6 Å². The minimum absolute atomic E-state index is 0.192. The van der Waals surface area contributed by atoms with E-state index in [1.165, 1.54) is 31.4 Å². The van der Waals surface area contributed by atoms with Gasteiger partial charge in [0.2, 0.25) is 0 Å². The third-order valence-electron chi connectivity index (χ3n) is 4.36. The van der Waals surface area contributed by atoms with Crippen LogP contribution in [0.25, 0.3) is 10.4 Å². The van der Waals surface area contributed by atoms with Crippen molar-refractivity contribution in [1.29, 1.82) is 0 Å². The van der Waals surface area contributed by atoms with Gasteiger partial charge in [0.1, 0.15) is 11.7 Å². The summed E-state index contributed by atoms with van der Waals surface area (Å²) in [7, 11) is 1.28. The standard InChI is InChI=1S/C17H13FN2O3.C5H11N3/c1-23-17(22)20-15-9-12-8-11(4-7-14(12)19-15)16(21)10-2-5-13(18)6-3-10;1-5(2)3-4-7-8-6/h2-8H,9H2,1H3,(H,19,20,22);5H,3-4H2,1-2H3. The fourth-order valence-corrected chi connectivity index (χ4v) is 2.71. The second kappa shape index (κ2) is 11.5. The van der Waals surface area contributed by atoms with Gasteiger partial charge in [0.05, 0.1) is 12.8 Å². The second-order valence-electron chi connectivity index (χ2n) is 7.17. The number of fused-ring (bicyclic) bond motifs is 1. The second-order valence-corrected chi connectivity index (χ2v) is 7.17. The fourth-order valence-electron chi connectivity index (χ4n) is 2.71. The molecular weight excluding hydrogens is 401 g/mol. The van der Waals surface area contributed by atoms with Gasteiger partial charge in [0.15, 0.2) is 5.78 Å². The third-order valence-corrected chi connectivity index (χ3v) is 4.36. The van der Waals surface area contributed by atoms with E-state index in [1.54, 1.807) is 18.2 Å². The number of carbonyl (C=O) groups excluding carboxylic acids is 2. The van der Waals surface area contributed by atoms with Crippen LogP contribution in [0.2, 0.25) is 0 Å². The number of carbonyl (C=O) groups is 2. The van der Waals surface area contributed by atoms with Crippen molar-refractivity contribution >= 4 is 23.4 Å². The van der Waals surface area contributed by atoms with Gasteiger partial charge >= 0.3 is 6.09 Å². The molecule has 0 unspecified atom stereocenters. The summed E-state index contributed by atoms with van der Waals surface area (Å²) in [5.41, 5.74) is 10.3. The Kier molecular flexibility index (Phi) is 8.72. The number of ether oxygens (including phenoxy) is 1. The molecule has 0 bridgehead atoms. The molecule has 0 saturated heterocycles. The summed E-state index contributed by atoms with van der Waals surface area (Å²) < 4.78 is 17.5. The Morgan fingerprint density at radius 1 is 1.23 bits per heavy atom. The highest BCUT2D eigenvalue weighted by Crippen LogP contribution is 2.28. The van der Waals surface area contributed by atoms with Crippen LogP contribution in [-0.2, 0) is 11.2 Å². The van der Waals surface area contributed by atoms with E-state index < -0.39 is 6.09 Å². The molecule has 1 amide bonds. The molecule has 0 atom stereocenters. The summed E-state index contributed by atoms with van der Waals surface area (Å²) in [4.78, 5) is 30.5. The Hall–Kier alpha value is -3.71. The monoisotopic (exact) mass is 425 g/mol. The van der Waals surface area contributed by atoms with E-state index in [0.29, 0.717) is 41.5 Å². The van der Waals surface area contributed by atoms with E-state index in [4.69, 9.17) is 5.53 Å². The Morgan fingerprint density at radius 3 is 2.52 bits per heavy atom. The lowest BCUT2D eigenvalue weighted by molar-refractivity contribution is 0.103. The Bertz CT molecular complexity index is 1010. The first-order valence-corrected chi connectivity index (χ1v) is 9.70. The first kappa shape index (κ1) is 23.6. The molecule has 0 aromatic heterocycles. The zero-order valence-corrected chi connectivity index (χ0v) is 17.6. The van der Waals surface area contributed by atoms with E-state index in [9.17, 15) is 14.0 Å². The maximum Gasteiger partial charge on any atom is 0.412 e. The molecule has 0 aliphatic carbocycles. The van der Waals surface area contributed by atoms with Crippen LogP contribution < -0.4 is 5.32 Å². The summed E-state index contributed by atoms with van der Waals surface area (Å²) in [6.45, 7) is 4.84. The predicted octanol–water partition coefficient (Wildman–Crippen LogP) is 5.34. The molecule has 0 spiro atoms. The van der Waals surface area contributed by atoms with Crippen LogP contribution in [0.1, 0.15) is 41.8 Å². The van der Waals surface area contributed by atoms with E-state index >= 15 is 0 Å². The predicted molar refractivity (Wildman–Crippen MR) is 116 cm³/mol. The summed E-state index contributed by atoms with van der Waals surface area (Å²) in [6.07, 6.45) is 0.818. The minimum atomic E-state index is -0.584. The lowest BCUT2D eigenvalue weighted by atomic mass is 10.00. The van der Waals surface area contributed by atoms with Crippen molar-refractivity contribution in [3.05, 3.63) is 75.4 Å². The lowest BCUT2D eigenvalue weighted by Gasteiger charge is -2.04. The Balaban J connectivity index is 0.000000366. The van der Waals surface area contributed by atoms with Crippen LogP contribution in [-0.4, -0.2) is 31.4 Å². The summed E-state index contributed by atoms with van der Waals surface area (Å²) in [5, 5.41) is 5.92. The van der Waals surface area contributed by atoms with Crippen molar-refractivity contribution in [2.75, 3.05) is 13.7 Å². The number of hydrogen-bond acceptors (Lipinski definition) is 5. The summed E-state index contributed by atoms with van der Waals surface area (Å²) in [6, 6.07) is 10.5. The third kappa shape index (κ3) is 7.24. The summed E-state index contributed by atoms with van der Waals surface area (Å²) in [5.74, 6) is 0.531. The number of ketones is 1. The average Bonchev–Trinajstić information content (AvgIpc) is 3.15. The Labute approximate surface area is 179 Å². The van der Waals surface area contributed by atoms with Crippen molar-refractivity contribution < 1.29 is 18.7 Å². The molecule has 31 heavy (non-hydrogen) atoms. The molecular formula is C22H24FN5O3. The van der Waals surface area contributed by atoms with E-state index in [2.05, 4.69) is 38.9 Å². The van der Waals surface area contributed by atoms with E-state index in [1.807, 2.05) is 0 Å². The number of benzene rings is 2. The Morgan fingerprint density at radius 2 is 1.90 bits per heavy atom. The van der Waals surface area contributed by atoms with Crippen molar-refractivity contribution in [1.82, 2.24) is 5.32 Å². The fraction of sp³-hybridized carbons (Fsp3) is 0.318. The largest absolute Gasteiger partial charge is 0.453 e. The maximum absolute atomic E-state index is 12.9. The van der Waals surface area contributed by atoms with Crippen LogP contribution in [0.5, 0.6) is 0 Å². The molecule has 2 aromatic rings. The molecule has 162 valence electrons. The van der Waals surface area contributed by atoms with E-state index in [-0.39, 0.29) is 11.6 Å². The van der Waals surface area contributed by atoms with Crippen molar-refractivity contribution in [3.8, 4) is 0 Å². The number of amidine groups is 1. The number of aliphatic imine (C=N–C) groups is 1. The molecule has 8 nitrogen and oxygen atoms in total. The topological polar surface area (TPSA) is 117 Å². The number of rotatable bonds is 5. The van der Waals surface area contributed by atoms with Gasteiger partial charge in [0.25, 0.3) is 0 Å².